The van der Waals surface area contributed by atoms with Gasteiger partial charge in [0.1, 0.15) is 0 Å². The molecule has 1 atom stereocenters. The molecule has 1 unspecified atom stereocenters. The third-order valence-electron chi connectivity index (χ3n) is 2.98. The molecule has 1 aliphatic heterocycles. The molecule has 6 nitrogen and oxygen atoms in total. The van der Waals surface area contributed by atoms with Crippen molar-refractivity contribution < 1.29 is 14.3 Å². The largest absolute Gasteiger partial charge is 0.382 e. The molecule has 0 aromatic carbocycles. The molecule has 2 heterocycles. The van der Waals surface area contributed by atoms with Gasteiger partial charge in [0.25, 0.3) is 5.91 Å². The van der Waals surface area contributed by atoms with Gasteiger partial charge in [0.15, 0.2) is 0 Å². The molecule has 3 N–H and O–H groups in total. The monoisotopic (exact) mass is 265 g/mol. The minimum atomic E-state index is -0.490. The summed E-state index contributed by atoms with van der Waals surface area (Å²) >= 11 is 0. The summed E-state index contributed by atoms with van der Waals surface area (Å²) in [5, 5.41) is 3.11. The zero-order valence-electron chi connectivity index (χ0n) is 10.8. The van der Waals surface area contributed by atoms with Crippen molar-refractivity contribution in [3.05, 3.63) is 24.0 Å². The lowest BCUT2D eigenvalue weighted by Gasteiger charge is -2.12. The first kappa shape index (κ1) is 13.8. The van der Waals surface area contributed by atoms with E-state index in [9.17, 15) is 4.79 Å². The first-order valence-electron chi connectivity index (χ1n) is 6.44. The Morgan fingerprint density at radius 3 is 3.26 bits per heavy atom. The van der Waals surface area contributed by atoms with Gasteiger partial charge in [0.05, 0.1) is 30.6 Å². The number of primary amides is 1. The van der Waals surface area contributed by atoms with Gasteiger partial charge >= 0.3 is 0 Å². The zero-order chi connectivity index (χ0) is 13.5. The maximum atomic E-state index is 11.2. The van der Waals surface area contributed by atoms with Crippen LogP contribution in [0.25, 0.3) is 0 Å². The average Bonchev–Trinajstić information content (AvgIpc) is 2.92. The highest BCUT2D eigenvalue weighted by molar-refractivity contribution is 5.98. The van der Waals surface area contributed by atoms with Crippen molar-refractivity contribution in [3.63, 3.8) is 0 Å². The first-order chi connectivity index (χ1) is 9.27. The number of nitrogens with zero attached hydrogens (tertiary/aromatic N) is 1. The van der Waals surface area contributed by atoms with Gasteiger partial charge in [-0.1, -0.05) is 0 Å². The molecule has 1 fully saturated rings. The molecule has 0 bridgehead atoms. The third-order valence-corrected chi connectivity index (χ3v) is 2.98. The Hall–Kier alpha value is -1.66. The summed E-state index contributed by atoms with van der Waals surface area (Å²) in [6, 6.07) is 1.72. The molecule has 104 valence electrons. The predicted octanol–water partition coefficient (Wildman–Crippen LogP) is 0.788. The van der Waals surface area contributed by atoms with Gasteiger partial charge in [-0.05, 0) is 18.9 Å². The van der Waals surface area contributed by atoms with E-state index in [0.29, 0.717) is 31.0 Å². The molecule has 1 aliphatic rings. The molecular weight excluding hydrogens is 246 g/mol. The summed E-state index contributed by atoms with van der Waals surface area (Å²) in [6.07, 6.45) is 5.50. The van der Waals surface area contributed by atoms with E-state index in [4.69, 9.17) is 15.2 Å². The second-order valence-electron chi connectivity index (χ2n) is 4.42. The van der Waals surface area contributed by atoms with Crippen molar-refractivity contribution in [2.45, 2.75) is 18.9 Å². The van der Waals surface area contributed by atoms with E-state index < -0.39 is 5.91 Å². The second-order valence-corrected chi connectivity index (χ2v) is 4.42. The van der Waals surface area contributed by atoms with Crippen LogP contribution in [-0.2, 0) is 9.47 Å². The highest BCUT2D eigenvalue weighted by atomic mass is 16.5. The van der Waals surface area contributed by atoms with Crippen LogP contribution in [0.5, 0.6) is 0 Å². The number of nitrogens with one attached hydrogen (secondary N) is 1. The molecular formula is C13H19N3O3. The van der Waals surface area contributed by atoms with Crippen molar-refractivity contribution in [2.24, 2.45) is 5.73 Å². The van der Waals surface area contributed by atoms with Crippen molar-refractivity contribution in [3.8, 4) is 0 Å². The van der Waals surface area contributed by atoms with E-state index in [1.807, 2.05) is 0 Å². The molecule has 1 saturated heterocycles. The zero-order valence-corrected chi connectivity index (χ0v) is 10.8. The second kappa shape index (κ2) is 7.06. The van der Waals surface area contributed by atoms with E-state index in [1.165, 1.54) is 6.20 Å². The highest BCUT2D eigenvalue weighted by Gasteiger charge is 2.15. The number of rotatable bonds is 7. The Labute approximate surface area is 112 Å². The summed E-state index contributed by atoms with van der Waals surface area (Å²) in [5.41, 5.74) is 6.33. The number of hydrogen-bond acceptors (Lipinski definition) is 5. The quantitative estimate of drug-likeness (QED) is 0.712. The normalized spacial score (nSPS) is 18.4. The number of carbonyl (C=O) groups is 1. The van der Waals surface area contributed by atoms with Crippen LogP contribution in [0.3, 0.4) is 0 Å². The number of hydrogen-bond donors (Lipinski definition) is 2. The van der Waals surface area contributed by atoms with Crippen LogP contribution in [0.2, 0.25) is 0 Å². The Morgan fingerprint density at radius 2 is 2.53 bits per heavy atom. The minimum absolute atomic E-state index is 0.238. The van der Waals surface area contributed by atoms with E-state index in [1.54, 1.807) is 12.3 Å². The van der Waals surface area contributed by atoms with Gasteiger partial charge in [-0.15, -0.1) is 0 Å². The molecule has 0 spiro atoms. The summed E-state index contributed by atoms with van der Waals surface area (Å²) < 4.78 is 11.0. The lowest BCUT2D eigenvalue weighted by molar-refractivity contribution is 0.0206. The van der Waals surface area contributed by atoms with Gasteiger partial charge in [0, 0.05) is 25.5 Å². The maximum absolute atomic E-state index is 11.2. The number of ether oxygens (including phenoxy) is 2. The number of pyridine rings is 1. The van der Waals surface area contributed by atoms with E-state index in [0.717, 1.165) is 19.4 Å². The standard InChI is InChI=1S/C13H19N3O3/c14-13(17)11-8-15-4-3-12(11)16-5-7-18-9-10-2-1-6-19-10/h3-4,8,10H,1-2,5-7,9H2,(H2,14,17)(H,15,16). The molecule has 19 heavy (non-hydrogen) atoms. The first-order valence-corrected chi connectivity index (χ1v) is 6.44. The molecule has 0 aliphatic carbocycles. The van der Waals surface area contributed by atoms with Gasteiger partial charge < -0.3 is 20.5 Å². The number of nitrogens with two attached hydrogens (primary N) is 1. The highest BCUT2D eigenvalue weighted by Crippen LogP contribution is 2.13. The fraction of sp³-hybridized carbons (Fsp3) is 0.538. The molecule has 6 heteroatoms. The predicted molar refractivity (Wildman–Crippen MR) is 71.0 cm³/mol. The van der Waals surface area contributed by atoms with Gasteiger partial charge in [-0.25, -0.2) is 0 Å². The number of amides is 1. The molecule has 0 saturated carbocycles. The van der Waals surface area contributed by atoms with Crippen LogP contribution >= 0.6 is 0 Å². The van der Waals surface area contributed by atoms with Crippen molar-refractivity contribution >= 4 is 11.6 Å². The average molecular weight is 265 g/mol. The third kappa shape index (κ3) is 4.18. The SMILES string of the molecule is NC(=O)c1cnccc1NCCOCC1CCCO1. The topological polar surface area (TPSA) is 86.5 Å². The number of anilines is 1. The van der Waals surface area contributed by atoms with E-state index >= 15 is 0 Å². The van der Waals surface area contributed by atoms with Gasteiger partial charge in [-0.2, -0.15) is 0 Å². The maximum Gasteiger partial charge on any atom is 0.252 e. The lowest BCUT2D eigenvalue weighted by atomic mass is 10.2. The van der Waals surface area contributed by atoms with Crippen LogP contribution < -0.4 is 11.1 Å². The van der Waals surface area contributed by atoms with Crippen LogP contribution in [0, 0.1) is 0 Å². The van der Waals surface area contributed by atoms with Crippen LogP contribution in [-0.4, -0.2) is 43.4 Å². The Kier molecular flexibility index (Phi) is 5.11. The summed E-state index contributed by atoms with van der Waals surface area (Å²) in [6.45, 7) is 2.63. The molecule has 1 amide bonds. The van der Waals surface area contributed by atoms with Crippen molar-refractivity contribution in [2.75, 3.05) is 31.7 Å². The fourth-order valence-corrected chi connectivity index (χ4v) is 1.99. The van der Waals surface area contributed by atoms with E-state index in [2.05, 4.69) is 10.3 Å². The molecule has 0 radical (unpaired) electrons. The smallest absolute Gasteiger partial charge is 0.252 e. The number of aromatic nitrogens is 1. The van der Waals surface area contributed by atoms with Crippen LogP contribution in [0.1, 0.15) is 23.2 Å². The summed E-state index contributed by atoms with van der Waals surface area (Å²) in [4.78, 5) is 15.1. The van der Waals surface area contributed by atoms with Crippen molar-refractivity contribution in [1.29, 1.82) is 0 Å². The summed E-state index contributed by atoms with van der Waals surface area (Å²) in [7, 11) is 0. The van der Waals surface area contributed by atoms with Crippen LogP contribution in [0.4, 0.5) is 5.69 Å². The Morgan fingerprint density at radius 1 is 1.63 bits per heavy atom. The Balaban J connectivity index is 1.69. The summed E-state index contributed by atoms with van der Waals surface area (Å²) in [5.74, 6) is -0.490. The van der Waals surface area contributed by atoms with Crippen molar-refractivity contribution in [1.82, 2.24) is 4.98 Å². The molecule has 1 aromatic rings. The van der Waals surface area contributed by atoms with Crippen LogP contribution in [0.15, 0.2) is 18.5 Å². The molecule has 1 aromatic heterocycles. The van der Waals surface area contributed by atoms with Gasteiger partial charge in [0.2, 0.25) is 0 Å². The molecule has 2 rings (SSSR count). The fourth-order valence-electron chi connectivity index (χ4n) is 1.99. The van der Waals surface area contributed by atoms with Gasteiger partial charge in [-0.3, -0.25) is 9.78 Å². The Bertz CT molecular complexity index is 419. The lowest BCUT2D eigenvalue weighted by Crippen LogP contribution is -2.19. The number of carbonyl (C=O) groups excluding carboxylic acids is 1. The minimum Gasteiger partial charge on any atom is -0.382 e. The van der Waals surface area contributed by atoms with E-state index in [-0.39, 0.29) is 6.10 Å².